The molecular weight excluding hydrogens is 424 g/mol. The zero-order valence-electron chi connectivity index (χ0n) is 17.6. The number of hydrogen-bond acceptors (Lipinski definition) is 5. The van der Waals surface area contributed by atoms with Crippen LogP contribution in [0.15, 0.2) is 29.2 Å². The molecule has 32 heavy (non-hydrogen) atoms. The van der Waals surface area contributed by atoms with Crippen LogP contribution in [0.25, 0.3) is 0 Å². The van der Waals surface area contributed by atoms with E-state index in [1.54, 1.807) is 6.92 Å². The Morgan fingerprint density at radius 3 is 2.72 bits per heavy atom. The Morgan fingerprint density at radius 2 is 2.03 bits per heavy atom. The van der Waals surface area contributed by atoms with Crippen LogP contribution in [-0.4, -0.2) is 49.7 Å². The predicted octanol–water partition coefficient (Wildman–Crippen LogP) is 1.69. The number of hydrogen-bond donors (Lipinski definition) is 3. The molecule has 4 rings (SSSR count). The first-order valence-corrected chi connectivity index (χ1v) is 10.2. The Hall–Kier alpha value is -3.27. The molecule has 3 heterocycles. The highest BCUT2D eigenvalue weighted by molar-refractivity contribution is 5.99. The summed E-state index contributed by atoms with van der Waals surface area (Å²) in [6.45, 7) is 3.28. The summed E-state index contributed by atoms with van der Waals surface area (Å²) in [5.74, 6) is -3.96. The maximum absolute atomic E-state index is 13.8. The molecule has 0 unspecified atom stereocenters. The molecule has 2 aromatic rings. The minimum Gasteiger partial charge on any atom is -0.503 e. The average Bonchev–Trinajstić information content (AvgIpc) is 2.83. The number of benzene rings is 1. The van der Waals surface area contributed by atoms with E-state index in [1.807, 2.05) is 6.92 Å². The summed E-state index contributed by atoms with van der Waals surface area (Å²) in [7, 11) is 0. The van der Waals surface area contributed by atoms with Gasteiger partial charge in [0, 0.05) is 37.0 Å². The predicted molar refractivity (Wildman–Crippen MR) is 109 cm³/mol. The van der Waals surface area contributed by atoms with Gasteiger partial charge in [-0.1, -0.05) is 6.07 Å². The van der Waals surface area contributed by atoms with Crippen molar-refractivity contribution in [3.05, 3.63) is 63.1 Å². The lowest BCUT2D eigenvalue weighted by atomic mass is 9.90. The Morgan fingerprint density at radius 1 is 1.31 bits per heavy atom. The first-order chi connectivity index (χ1) is 15.0. The van der Waals surface area contributed by atoms with Gasteiger partial charge in [0.2, 0.25) is 5.43 Å². The summed E-state index contributed by atoms with van der Waals surface area (Å²) in [5.41, 5.74) is -3.03. The Kier molecular flexibility index (Phi) is 5.28. The molecule has 0 spiro atoms. The topological polar surface area (TPSA) is 112 Å². The summed E-state index contributed by atoms with van der Waals surface area (Å²) in [4.78, 5) is 39.9. The van der Waals surface area contributed by atoms with Crippen molar-refractivity contribution in [2.45, 2.75) is 50.9 Å². The van der Waals surface area contributed by atoms with E-state index < -0.39 is 51.8 Å². The fourth-order valence-electron chi connectivity index (χ4n) is 4.37. The van der Waals surface area contributed by atoms with Gasteiger partial charge in [-0.3, -0.25) is 14.4 Å². The molecule has 0 saturated carbocycles. The van der Waals surface area contributed by atoms with E-state index in [-0.39, 0.29) is 30.4 Å². The first kappa shape index (κ1) is 21.9. The summed E-state index contributed by atoms with van der Waals surface area (Å²) in [5, 5.41) is 24.0. The number of aliphatic hydroxyl groups is 1. The molecule has 1 aromatic carbocycles. The molecule has 2 aliphatic heterocycles. The standard InChI is InChI=1S/C22H23F2N3O5/c1-11-5-6-22(2,32)16-10-26(11)21(31)17-19(29)18(28)14(9-27(16)17)20(30)25-8-12-3-4-13(23)7-15(12)24/h3-4,7,9,11,16,29,32H,5-6,8,10H2,1-2H3,(H,25,30)/t11-,16-,22+/m1/s1. The molecule has 8 nitrogen and oxygen atoms in total. The second-order valence-corrected chi connectivity index (χ2v) is 8.61. The third kappa shape index (κ3) is 3.54. The van der Waals surface area contributed by atoms with Crippen molar-refractivity contribution in [2.24, 2.45) is 0 Å². The highest BCUT2D eigenvalue weighted by atomic mass is 19.1. The van der Waals surface area contributed by atoms with Gasteiger partial charge in [-0.25, -0.2) is 8.78 Å². The van der Waals surface area contributed by atoms with Gasteiger partial charge in [-0.05, 0) is 32.8 Å². The van der Waals surface area contributed by atoms with E-state index in [9.17, 15) is 33.4 Å². The number of pyridine rings is 1. The molecule has 1 fully saturated rings. The van der Waals surface area contributed by atoms with E-state index in [1.165, 1.54) is 15.5 Å². The molecule has 3 N–H and O–H groups in total. The van der Waals surface area contributed by atoms with Crippen LogP contribution in [0.4, 0.5) is 8.78 Å². The van der Waals surface area contributed by atoms with Crippen LogP contribution in [0, 0.1) is 11.6 Å². The molecule has 2 amide bonds. The number of nitrogens with zero attached hydrogens (tertiary/aromatic N) is 2. The van der Waals surface area contributed by atoms with Gasteiger partial charge in [0.25, 0.3) is 11.8 Å². The number of nitrogens with one attached hydrogen (secondary N) is 1. The van der Waals surface area contributed by atoms with Crippen LogP contribution in [0.3, 0.4) is 0 Å². The lowest BCUT2D eigenvalue weighted by Crippen LogP contribution is -2.51. The highest BCUT2D eigenvalue weighted by Crippen LogP contribution is 2.39. The van der Waals surface area contributed by atoms with Crippen LogP contribution in [0.2, 0.25) is 0 Å². The van der Waals surface area contributed by atoms with Crippen LogP contribution < -0.4 is 10.7 Å². The minimum atomic E-state index is -1.26. The molecule has 1 saturated heterocycles. The monoisotopic (exact) mass is 447 g/mol. The smallest absolute Gasteiger partial charge is 0.274 e. The van der Waals surface area contributed by atoms with E-state index in [0.29, 0.717) is 18.9 Å². The van der Waals surface area contributed by atoms with Crippen molar-refractivity contribution < 1.29 is 28.6 Å². The van der Waals surface area contributed by atoms with Crippen LogP contribution in [0.5, 0.6) is 5.75 Å². The molecule has 2 bridgehead atoms. The zero-order chi connectivity index (χ0) is 23.4. The van der Waals surface area contributed by atoms with Crippen LogP contribution >= 0.6 is 0 Å². The van der Waals surface area contributed by atoms with Gasteiger partial charge < -0.3 is 25.0 Å². The number of carbonyl (C=O) groups is 2. The number of fused-ring (bicyclic) bond motifs is 4. The third-order valence-electron chi connectivity index (χ3n) is 6.40. The number of amides is 2. The Labute approximate surface area is 182 Å². The molecule has 0 radical (unpaired) electrons. The SMILES string of the molecule is C[C@@H]1CC[C@](C)(O)[C@H]2CN1C(=O)c1c(O)c(=O)c(C(=O)NCc3ccc(F)cc3F)cn12. The molecule has 0 aliphatic carbocycles. The average molecular weight is 447 g/mol. The largest absolute Gasteiger partial charge is 0.503 e. The van der Waals surface area contributed by atoms with Gasteiger partial charge in [0.1, 0.15) is 17.2 Å². The zero-order valence-corrected chi connectivity index (χ0v) is 17.6. The van der Waals surface area contributed by atoms with Crippen molar-refractivity contribution in [1.82, 2.24) is 14.8 Å². The van der Waals surface area contributed by atoms with Crippen molar-refractivity contribution in [2.75, 3.05) is 6.54 Å². The van der Waals surface area contributed by atoms with E-state index in [2.05, 4.69) is 5.32 Å². The molecule has 3 atom stereocenters. The number of aromatic hydroxyl groups is 1. The van der Waals surface area contributed by atoms with Gasteiger partial charge in [-0.2, -0.15) is 0 Å². The Bertz CT molecular complexity index is 1180. The molecule has 10 heteroatoms. The third-order valence-corrected chi connectivity index (χ3v) is 6.40. The lowest BCUT2D eigenvalue weighted by molar-refractivity contribution is -0.00840. The fraction of sp³-hybridized carbons (Fsp3) is 0.409. The molecular formula is C22H23F2N3O5. The van der Waals surface area contributed by atoms with Crippen molar-refractivity contribution in [1.29, 1.82) is 0 Å². The molecule has 1 aromatic heterocycles. The fourth-order valence-corrected chi connectivity index (χ4v) is 4.37. The van der Waals surface area contributed by atoms with Crippen LogP contribution in [0.1, 0.15) is 59.1 Å². The van der Waals surface area contributed by atoms with Gasteiger partial charge in [0.15, 0.2) is 11.4 Å². The molecule has 170 valence electrons. The van der Waals surface area contributed by atoms with Crippen molar-refractivity contribution in [3.8, 4) is 5.75 Å². The van der Waals surface area contributed by atoms with Crippen LogP contribution in [-0.2, 0) is 6.54 Å². The number of carbonyl (C=O) groups excluding carboxylic acids is 2. The summed E-state index contributed by atoms with van der Waals surface area (Å²) in [6.07, 6.45) is 2.06. The molecule has 2 aliphatic rings. The van der Waals surface area contributed by atoms with Gasteiger partial charge in [-0.15, -0.1) is 0 Å². The first-order valence-electron chi connectivity index (χ1n) is 10.2. The second kappa shape index (κ2) is 7.70. The maximum atomic E-state index is 13.8. The summed E-state index contributed by atoms with van der Waals surface area (Å²) >= 11 is 0. The number of halogens is 2. The lowest BCUT2D eigenvalue weighted by Gasteiger charge is -2.41. The number of rotatable bonds is 3. The second-order valence-electron chi connectivity index (χ2n) is 8.61. The van der Waals surface area contributed by atoms with Crippen molar-refractivity contribution >= 4 is 11.8 Å². The summed E-state index contributed by atoms with van der Waals surface area (Å²) < 4.78 is 28.2. The normalized spacial score (nSPS) is 24.7. The summed E-state index contributed by atoms with van der Waals surface area (Å²) in [6, 6.07) is 1.99. The quantitative estimate of drug-likeness (QED) is 0.663. The minimum absolute atomic E-state index is 0.00791. The van der Waals surface area contributed by atoms with E-state index in [0.717, 1.165) is 12.3 Å². The van der Waals surface area contributed by atoms with Gasteiger partial charge >= 0.3 is 0 Å². The van der Waals surface area contributed by atoms with Gasteiger partial charge in [0.05, 0.1) is 11.6 Å². The van der Waals surface area contributed by atoms with Crippen molar-refractivity contribution in [3.63, 3.8) is 0 Å². The maximum Gasteiger partial charge on any atom is 0.274 e. The highest BCUT2D eigenvalue weighted by Gasteiger charge is 2.46. The Balaban J connectivity index is 1.73. The number of aromatic nitrogens is 1. The van der Waals surface area contributed by atoms with E-state index in [4.69, 9.17) is 0 Å². The van der Waals surface area contributed by atoms with E-state index >= 15 is 0 Å².